The Hall–Kier alpha value is -2.33. The van der Waals surface area contributed by atoms with Crippen LogP contribution in [0.25, 0.3) is 11.4 Å². The van der Waals surface area contributed by atoms with E-state index in [-0.39, 0.29) is 0 Å². The van der Waals surface area contributed by atoms with Gasteiger partial charge in [0.1, 0.15) is 6.33 Å². The molecule has 3 aromatic rings. The third-order valence-electron chi connectivity index (χ3n) is 3.22. The zero-order valence-corrected chi connectivity index (χ0v) is 12.4. The fourth-order valence-electron chi connectivity index (χ4n) is 2.16. The third-order valence-corrected chi connectivity index (χ3v) is 3.45. The number of benzene rings is 2. The van der Waals surface area contributed by atoms with Crippen LogP contribution >= 0.6 is 11.6 Å². The summed E-state index contributed by atoms with van der Waals surface area (Å²) in [4.78, 5) is 0. The topological polar surface area (TPSA) is 42.7 Å². The molecule has 0 spiro atoms. The Balaban J connectivity index is 1.76. The molecule has 3 rings (SSSR count). The predicted octanol–water partition coefficient (Wildman–Crippen LogP) is 3.75. The van der Waals surface area contributed by atoms with Crippen molar-refractivity contribution in [1.29, 1.82) is 0 Å². The van der Waals surface area contributed by atoms with Crippen molar-refractivity contribution >= 4 is 17.3 Å². The minimum atomic E-state index is 0.725. The Kier molecular flexibility index (Phi) is 3.88. The SMILES string of the molecule is Cn1cnnc1-c1cccc(NCc2cccc(Cl)c2)c1. The normalized spacial score (nSPS) is 10.6. The van der Waals surface area contributed by atoms with Crippen LogP contribution in [0.15, 0.2) is 54.9 Å². The second kappa shape index (κ2) is 5.97. The van der Waals surface area contributed by atoms with Crippen LogP contribution in [0.3, 0.4) is 0 Å². The molecule has 0 saturated heterocycles. The molecule has 0 bridgehead atoms. The second-order valence-corrected chi connectivity index (χ2v) is 5.27. The van der Waals surface area contributed by atoms with Gasteiger partial charge in [0.15, 0.2) is 5.82 Å². The number of hydrogen-bond donors (Lipinski definition) is 1. The van der Waals surface area contributed by atoms with Gasteiger partial charge in [0.25, 0.3) is 0 Å². The summed E-state index contributed by atoms with van der Waals surface area (Å²) in [6.45, 7) is 0.725. The molecule has 0 fully saturated rings. The largest absolute Gasteiger partial charge is 0.381 e. The highest BCUT2D eigenvalue weighted by atomic mass is 35.5. The van der Waals surface area contributed by atoms with Crippen LogP contribution in [0.2, 0.25) is 5.02 Å². The third kappa shape index (κ3) is 3.23. The minimum absolute atomic E-state index is 0.725. The molecule has 0 amide bonds. The van der Waals surface area contributed by atoms with Gasteiger partial charge in [-0.3, -0.25) is 0 Å². The fourth-order valence-corrected chi connectivity index (χ4v) is 2.38. The Morgan fingerprint density at radius 2 is 2.00 bits per heavy atom. The predicted molar refractivity (Wildman–Crippen MR) is 85.2 cm³/mol. The van der Waals surface area contributed by atoms with E-state index in [1.165, 1.54) is 0 Å². The molecule has 0 aliphatic heterocycles. The van der Waals surface area contributed by atoms with Gasteiger partial charge in [-0.05, 0) is 29.8 Å². The lowest BCUT2D eigenvalue weighted by Crippen LogP contribution is -2.00. The molecule has 1 aromatic heterocycles. The van der Waals surface area contributed by atoms with Gasteiger partial charge in [-0.25, -0.2) is 0 Å². The first-order valence-corrected chi connectivity index (χ1v) is 7.03. The molecular weight excluding hydrogens is 284 g/mol. The molecule has 0 saturated carbocycles. The molecule has 0 radical (unpaired) electrons. The van der Waals surface area contributed by atoms with E-state index in [9.17, 15) is 0 Å². The minimum Gasteiger partial charge on any atom is -0.381 e. The molecule has 106 valence electrons. The summed E-state index contributed by atoms with van der Waals surface area (Å²) in [5.41, 5.74) is 3.22. The van der Waals surface area contributed by atoms with Crippen molar-refractivity contribution < 1.29 is 0 Å². The van der Waals surface area contributed by atoms with Crippen LogP contribution in [0.1, 0.15) is 5.56 Å². The van der Waals surface area contributed by atoms with Gasteiger partial charge in [0, 0.05) is 29.9 Å². The lowest BCUT2D eigenvalue weighted by atomic mass is 10.1. The quantitative estimate of drug-likeness (QED) is 0.798. The Labute approximate surface area is 128 Å². The maximum absolute atomic E-state index is 5.99. The summed E-state index contributed by atoms with van der Waals surface area (Å²) in [7, 11) is 1.93. The number of halogens is 1. The molecule has 4 nitrogen and oxygen atoms in total. The lowest BCUT2D eigenvalue weighted by Gasteiger charge is -2.08. The van der Waals surface area contributed by atoms with Crippen LogP contribution in [-0.2, 0) is 13.6 Å². The number of nitrogens with one attached hydrogen (secondary N) is 1. The first kappa shape index (κ1) is 13.6. The smallest absolute Gasteiger partial charge is 0.163 e. The van der Waals surface area contributed by atoms with Crippen molar-refractivity contribution in [3.8, 4) is 11.4 Å². The zero-order valence-electron chi connectivity index (χ0n) is 11.6. The van der Waals surface area contributed by atoms with Gasteiger partial charge in [0.2, 0.25) is 0 Å². The molecule has 5 heteroatoms. The molecule has 0 aliphatic rings. The molecule has 1 heterocycles. The van der Waals surface area contributed by atoms with Gasteiger partial charge in [-0.2, -0.15) is 0 Å². The second-order valence-electron chi connectivity index (χ2n) is 4.83. The molecule has 0 atom stereocenters. The number of aromatic nitrogens is 3. The fraction of sp³-hybridized carbons (Fsp3) is 0.125. The summed E-state index contributed by atoms with van der Waals surface area (Å²) in [5.74, 6) is 0.849. The van der Waals surface area contributed by atoms with Gasteiger partial charge in [0.05, 0.1) is 0 Å². The molecule has 21 heavy (non-hydrogen) atoms. The first-order chi connectivity index (χ1) is 10.2. The first-order valence-electron chi connectivity index (χ1n) is 6.65. The van der Waals surface area contributed by atoms with Crippen molar-refractivity contribution in [3.05, 3.63) is 65.4 Å². The van der Waals surface area contributed by atoms with Crippen molar-refractivity contribution in [2.75, 3.05) is 5.32 Å². The van der Waals surface area contributed by atoms with E-state index in [1.807, 2.05) is 54.1 Å². The van der Waals surface area contributed by atoms with Crippen molar-refractivity contribution in [2.24, 2.45) is 7.05 Å². The highest BCUT2D eigenvalue weighted by Crippen LogP contribution is 2.21. The maximum atomic E-state index is 5.99. The lowest BCUT2D eigenvalue weighted by molar-refractivity contribution is 0.920. The summed E-state index contributed by atoms with van der Waals surface area (Å²) >= 11 is 5.99. The van der Waals surface area contributed by atoms with Crippen molar-refractivity contribution in [1.82, 2.24) is 14.8 Å². The number of rotatable bonds is 4. The van der Waals surface area contributed by atoms with E-state index in [0.29, 0.717) is 0 Å². The van der Waals surface area contributed by atoms with E-state index in [4.69, 9.17) is 11.6 Å². The Bertz CT molecular complexity index is 751. The number of hydrogen-bond acceptors (Lipinski definition) is 3. The van der Waals surface area contributed by atoms with E-state index < -0.39 is 0 Å². The Morgan fingerprint density at radius 1 is 1.14 bits per heavy atom. The summed E-state index contributed by atoms with van der Waals surface area (Å²) in [6.07, 6.45) is 1.70. The van der Waals surface area contributed by atoms with Gasteiger partial charge < -0.3 is 9.88 Å². The van der Waals surface area contributed by atoms with E-state index in [2.05, 4.69) is 21.6 Å². The highest BCUT2D eigenvalue weighted by Gasteiger charge is 2.05. The summed E-state index contributed by atoms with van der Waals surface area (Å²) in [5, 5.41) is 12.2. The zero-order chi connectivity index (χ0) is 14.7. The van der Waals surface area contributed by atoms with Crippen LogP contribution in [0.4, 0.5) is 5.69 Å². The summed E-state index contributed by atoms with van der Waals surface area (Å²) in [6, 6.07) is 16.0. The van der Waals surface area contributed by atoms with Gasteiger partial charge in [-0.15, -0.1) is 10.2 Å². The highest BCUT2D eigenvalue weighted by molar-refractivity contribution is 6.30. The standard InChI is InChI=1S/C16H15ClN4/c1-21-11-19-20-16(21)13-5-3-7-15(9-13)18-10-12-4-2-6-14(17)8-12/h2-9,11,18H,10H2,1H3. The van der Waals surface area contributed by atoms with E-state index >= 15 is 0 Å². The van der Waals surface area contributed by atoms with Crippen LogP contribution in [-0.4, -0.2) is 14.8 Å². The average Bonchev–Trinajstić information content (AvgIpc) is 2.92. The number of aryl methyl sites for hydroxylation is 1. The van der Waals surface area contributed by atoms with Crippen molar-refractivity contribution in [2.45, 2.75) is 6.54 Å². The van der Waals surface area contributed by atoms with Crippen LogP contribution in [0.5, 0.6) is 0 Å². The molecule has 0 aliphatic carbocycles. The Morgan fingerprint density at radius 3 is 2.76 bits per heavy atom. The molecule has 2 aromatic carbocycles. The van der Waals surface area contributed by atoms with Gasteiger partial charge in [-0.1, -0.05) is 35.9 Å². The van der Waals surface area contributed by atoms with Gasteiger partial charge >= 0.3 is 0 Å². The monoisotopic (exact) mass is 298 g/mol. The maximum Gasteiger partial charge on any atom is 0.163 e. The summed E-state index contributed by atoms with van der Waals surface area (Å²) < 4.78 is 1.90. The molecular formula is C16H15ClN4. The van der Waals surface area contributed by atoms with Crippen LogP contribution in [0, 0.1) is 0 Å². The van der Waals surface area contributed by atoms with Crippen molar-refractivity contribution in [3.63, 3.8) is 0 Å². The number of nitrogens with zero attached hydrogens (tertiary/aromatic N) is 3. The molecule has 1 N–H and O–H groups in total. The molecule has 0 unspecified atom stereocenters. The van der Waals surface area contributed by atoms with E-state index in [0.717, 1.165) is 34.2 Å². The van der Waals surface area contributed by atoms with Crippen LogP contribution < -0.4 is 5.32 Å². The average molecular weight is 299 g/mol. The number of anilines is 1. The van der Waals surface area contributed by atoms with E-state index in [1.54, 1.807) is 6.33 Å².